The summed E-state index contributed by atoms with van der Waals surface area (Å²) >= 11 is 0. The maximum atomic E-state index is 5.05. The van der Waals surface area contributed by atoms with Crippen LogP contribution in [-0.2, 0) is 0 Å². The number of allylic oxidation sites excluding steroid dienone is 3. The van der Waals surface area contributed by atoms with Crippen LogP contribution in [0.15, 0.2) is 36.4 Å². The number of hydrogen-bond donors (Lipinski definition) is 0. The molecular weight excluding hydrogens is 167 g/mol. The van der Waals surface area contributed by atoms with E-state index in [0.29, 0.717) is 0 Å². The van der Waals surface area contributed by atoms with Crippen LogP contribution in [0.4, 0.5) is 0 Å². The van der Waals surface area contributed by atoms with Crippen LogP contribution in [0.2, 0.25) is 0 Å². The van der Waals surface area contributed by atoms with E-state index in [-0.39, 0.29) is 18.9 Å². The molecule has 0 atom stereocenters. The van der Waals surface area contributed by atoms with Crippen LogP contribution in [0.5, 0.6) is 5.75 Å². The zero-order chi connectivity index (χ0) is 9.52. The van der Waals surface area contributed by atoms with Crippen molar-refractivity contribution in [2.45, 2.75) is 6.92 Å². The minimum atomic E-state index is 0. The van der Waals surface area contributed by atoms with Gasteiger partial charge in [0.2, 0.25) is 0 Å². The standard InChI is InChI=1S/C12H13O.Li/c1-3-4-5-6-11-7-9-12(13-2)10-8-11;/h4-10H,1-2H3;/q-1;+1/b6-5+;. The van der Waals surface area contributed by atoms with E-state index in [1.807, 2.05) is 49.4 Å². The van der Waals surface area contributed by atoms with E-state index in [4.69, 9.17) is 4.74 Å². The summed E-state index contributed by atoms with van der Waals surface area (Å²) in [6, 6.07) is 7.91. The Labute approximate surface area is 97.7 Å². The van der Waals surface area contributed by atoms with Gasteiger partial charge < -0.3 is 4.74 Å². The Kier molecular flexibility index (Phi) is 7.01. The molecule has 0 aliphatic heterocycles. The zero-order valence-corrected chi connectivity index (χ0v) is 8.95. The first-order valence-electron chi connectivity index (χ1n) is 4.18. The molecule has 1 rings (SSSR count). The molecule has 0 N–H and O–H groups in total. The van der Waals surface area contributed by atoms with Gasteiger partial charge in [-0.25, -0.2) is 12.2 Å². The van der Waals surface area contributed by atoms with Crippen molar-refractivity contribution in [3.63, 3.8) is 0 Å². The topological polar surface area (TPSA) is 9.23 Å². The second-order valence-corrected chi connectivity index (χ2v) is 2.59. The van der Waals surface area contributed by atoms with Gasteiger partial charge in [-0.1, -0.05) is 12.1 Å². The molecule has 68 valence electrons. The molecule has 0 bridgehead atoms. The van der Waals surface area contributed by atoms with E-state index in [2.05, 4.69) is 6.08 Å². The van der Waals surface area contributed by atoms with Gasteiger partial charge in [0.05, 0.1) is 7.11 Å². The van der Waals surface area contributed by atoms with E-state index < -0.39 is 0 Å². The van der Waals surface area contributed by atoms with Crippen molar-refractivity contribution >= 4 is 6.08 Å². The van der Waals surface area contributed by atoms with Crippen LogP contribution in [0.25, 0.3) is 6.08 Å². The Bertz CT molecular complexity index is 299. The minimum Gasteiger partial charge on any atom is -0.497 e. The first-order chi connectivity index (χ1) is 6.36. The summed E-state index contributed by atoms with van der Waals surface area (Å²) < 4.78 is 5.05. The molecule has 1 aromatic rings. The zero-order valence-electron chi connectivity index (χ0n) is 8.95. The number of methoxy groups -OCH3 is 1. The smallest absolute Gasteiger partial charge is 0.497 e. The first kappa shape index (κ1) is 13.1. The van der Waals surface area contributed by atoms with Gasteiger partial charge in [0.1, 0.15) is 5.75 Å². The first-order valence-corrected chi connectivity index (χ1v) is 4.18. The normalized spacial score (nSPS) is 10.4. The maximum Gasteiger partial charge on any atom is 1.00 e. The van der Waals surface area contributed by atoms with Crippen molar-refractivity contribution in [3.05, 3.63) is 48.1 Å². The second-order valence-electron chi connectivity index (χ2n) is 2.59. The average Bonchev–Trinajstić information content (AvgIpc) is 2.19. The van der Waals surface area contributed by atoms with Gasteiger partial charge in [-0.15, -0.1) is 13.0 Å². The quantitative estimate of drug-likeness (QED) is 0.364. The summed E-state index contributed by atoms with van der Waals surface area (Å²) in [6.07, 6.45) is 8.79. The van der Waals surface area contributed by atoms with Gasteiger partial charge in [0, 0.05) is 0 Å². The van der Waals surface area contributed by atoms with Crippen LogP contribution in [0.1, 0.15) is 12.5 Å². The molecule has 0 spiro atoms. The van der Waals surface area contributed by atoms with Crippen molar-refractivity contribution in [2.24, 2.45) is 0 Å². The Morgan fingerprint density at radius 1 is 1.21 bits per heavy atom. The molecule has 1 aromatic carbocycles. The molecule has 0 unspecified atom stereocenters. The van der Waals surface area contributed by atoms with Crippen molar-refractivity contribution in [1.29, 1.82) is 0 Å². The largest absolute Gasteiger partial charge is 1.00 e. The molecule has 1 nitrogen and oxygen atoms in total. The van der Waals surface area contributed by atoms with E-state index in [9.17, 15) is 0 Å². The molecule has 0 heterocycles. The SMILES string of the molecule is C[C-]=C/C=C/c1ccc(OC)cc1.[Li+]. The molecular formula is C12H13LiO. The van der Waals surface area contributed by atoms with Gasteiger partial charge in [0.25, 0.3) is 0 Å². The Morgan fingerprint density at radius 2 is 1.86 bits per heavy atom. The van der Waals surface area contributed by atoms with E-state index in [0.717, 1.165) is 11.3 Å². The molecule has 0 amide bonds. The number of ether oxygens (including phenoxy) is 1. The fraction of sp³-hybridized carbons (Fsp3) is 0.167. The summed E-state index contributed by atoms with van der Waals surface area (Å²) in [5.41, 5.74) is 1.16. The third-order valence-corrected chi connectivity index (χ3v) is 1.67. The van der Waals surface area contributed by atoms with Crippen molar-refractivity contribution < 1.29 is 23.6 Å². The number of hydrogen-bond acceptors (Lipinski definition) is 1. The van der Waals surface area contributed by atoms with Crippen molar-refractivity contribution in [3.8, 4) is 5.75 Å². The monoisotopic (exact) mass is 180 g/mol. The Hall–Kier alpha value is -0.903. The van der Waals surface area contributed by atoms with Crippen LogP contribution >= 0.6 is 0 Å². The molecule has 0 aliphatic carbocycles. The van der Waals surface area contributed by atoms with Crippen LogP contribution in [0.3, 0.4) is 0 Å². The Morgan fingerprint density at radius 3 is 2.36 bits per heavy atom. The summed E-state index contributed by atoms with van der Waals surface area (Å²) in [5.74, 6) is 0.884. The molecule has 0 radical (unpaired) electrons. The third-order valence-electron chi connectivity index (χ3n) is 1.67. The fourth-order valence-corrected chi connectivity index (χ4v) is 0.970. The molecule has 0 saturated heterocycles. The predicted octanol–water partition coefficient (Wildman–Crippen LogP) is 0.0917. The van der Waals surface area contributed by atoms with Gasteiger partial charge >= 0.3 is 18.9 Å². The maximum absolute atomic E-state index is 5.05. The van der Waals surface area contributed by atoms with Crippen LogP contribution in [-0.4, -0.2) is 7.11 Å². The van der Waals surface area contributed by atoms with E-state index in [1.54, 1.807) is 7.11 Å². The molecule has 0 aromatic heterocycles. The summed E-state index contributed by atoms with van der Waals surface area (Å²) in [6.45, 7) is 1.87. The second kappa shape index (κ2) is 7.50. The van der Waals surface area contributed by atoms with E-state index in [1.165, 1.54) is 0 Å². The average molecular weight is 180 g/mol. The van der Waals surface area contributed by atoms with Crippen molar-refractivity contribution in [1.82, 2.24) is 0 Å². The van der Waals surface area contributed by atoms with Gasteiger partial charge in [0.15, 0.2) is 0 Å². The van der Waals surface area contributed by atoms with Gasteiger partial charge in [-0.3, -0.25) is 6.08 Å². The number of rotatable bonds is 3. The molecule has 0 saturated carbocycles. The molecule has 0 fully saturated rings. The number of benzene rings is 1. The predicted molar refractivity (Wildman–Crippen MR) is 55.5 cm³/mol. The van der Waals surface area contributed by atoms with Gasteiger partial charge in [-0.2, -0.15) is 0 Å². The minimum absolute atomic E-state index is 0. The summed E-state index contributed by atoms with van der Waals surface area (Å²) in [5, 5.41) is 0. The molecule has 14 heavy (non-hydrogen) atoms. The van der Waals surface area contributed by atoms with Crippen LogP contribution < -0.4 is 23.6 Å². The third kappa shape index (κ3) is 4.37. The summed E-state index contributed by atoms with van der Waals surface area (Å²) in [7, 11) is 1.67. The van der Waals surface area contributed by atoms with Crippen LogP contribution in [0, 0.1) is 6.08 Å². The summed E-state index contributed by atoms with van der Waals surface area (Å²) in [4.78, 5) is 0. The molecule has 0 aliphatic rings. The molecule has 2 heteroatoms. The van der Waals surface area contributed by atoms with Crippen molar-refractivity contribution in [2.75, 3.05) is 7.11 Å². The Balaban J connectivity index is 0.00000169. The van der Waals surface area contributed by atoms with Gasteiger partial charge in [-0.05, 0) is 17.7 Å². The van der Waals surface area contributed by atoms with E-state index >= 15 is 0 Å². The fourth-order valence-electron chi connectivity index (χ4n) is 0.970.